The Balaban J connectivity index is 1.98. The van der Waals surface area contributed by atoms with Crippen molar-refractivity contribution in [3.05, 3.63) is 41.5 Å². The molecule has 0 unspecified atom stereocenters. The SMILES string of the molecule is Cc1nn(C)c(C)c1N=Cc1nc2ccccc2[nH]1. The summed E-state index contributed by atoms with van der Waals surface area (Å²) in [5.41, 5.74) is 4.84. The highest BCUT2D eigenvalue weighted by Crippen LogP contribution is 2.21. The van der Waals surface area contributed by atoms with Gasteiger partial charge in [-0.3, -0.25) is 4.68 Å². The highest BCUT2D eigenvalue weighted by atomic mass is 15.3. The second-order valence-electron chi connectivity index (χ2n) is 4.54. The monoisotopic (exact) mass is 253 g/mol. The summed E-state index contributed by atoms with van der Waals surface area (Å²) in [5.74, 6) is 0.754. The number of aromatic amines is 1. The van der Waals surface area contributed by atoms with Crippen LogP contribution in [0.25, 0.3) is 11.0 Å². The lowest BCUT2D eigenvalue weighted by atomic mass is 10.3. The van der Waals surface area contributed by atoms with Crippen LogP contribution in [-0.2, 0) is 7.05 Å². The molecule has 2 heterocycles. The number of rotatable bonds is 2. The number of hydrogen-bond donors (Lipinski definition) is 1. The molecule has 19 heavy (non-hydrogen) atoms. The first-order valence-electron chi connectivity index (χ1n) is 6.14. The largest absolute Gasteiger partial charge is 0.337 e. The number of benzene rings is 1. The van der Waals surface area contributed by atoms with Crippen molar-refractivity contribution >= 4 is 22.9 Å². The zero-order valence-electron chi connectivity index (χ0n) is 11.2. The summed E-state index contributed by atoms with van der Waals surface area (Å²) in [6.07, 6.45) is 1.75. The highest BCUT2D eigenvalue weighted by Gasteiger charge is 2.07. The standard InChI is InChI=1S/C14H15N5/c1-9-14(10(2)19(3)18-9)15-8-13-16-11-6-4-5-7-12(11)17-13/h4-8H,1-3H3,(H,16,17). The van der Waals surface area contributed by atoms with Gasteiger partial charge >= 0.3 is 0 Å². The molecule has 5 nitrogen and oxygen atoms in total. The van der Waals surface area contributed by atoms with E-state index in [2.05, 4.69) is 20.1 Å². The number of fused-ring (bicyclic) bond motifs is 1. The Labute approximate surface area is 111 Å². The van der Waals surface area contributed by atoms with Crippen LogP contribution < -0.4 is 0 Å². The Morgan fingerprint density at radius 3 is 2.74 bits per heavy atom. The number of imidazole rings is 1. The smallest absolute Gasteiger partial charge is 0.149 e. The van der Waals surface area contributed by atoms with Gasteiger partial charge < -0.3 is 4.98 Å². The molecule has 0 aliphatic carbocycles. The number of para-hydroxylation sites is 2. The summed E-state index contributed by atoms with van der Waals surface area (Å²) in [7, 11) is 1.92. The molecule has 0 amide bonds. The number of nitrogens with one attached hydrogen (secondary N) is 1. The molecular weight excluding hydrogens is 238 g/mol. The van der Waals surface area contributed by atoms with Gasteiger partial charge in [0.15, 0.2) is 0 Å². The molecule has 3 rings (SSSR count). The highest BCUT2D eigenvalue weighted by molar-refractivity contribution is 5.85. The van der Waals surface area contributed by atoms with Crippen LogP contribution in [0.2, 0.25) is 0 Å². The van der Waals surface area contributed by atoms with Crippen LogP contribution in [0.3, 0.4) is 0 Å². The Kier molecular flexibility index (Phi) is 2.67. The number of aryl methyl sites for hydroxylation is 2. The first-order valence-corrected chi connectivity index (χ1v) is 6.14. The van der Waals surface area contributed by atoms with Crippen molar-refractivity contribution < 1.29 is 0 Å². The van der Waals surface area contributed by atoms with E-state index in [1.165, 1.54) is 0 Å². The second kappa shape index (κ2) is 4.35. The maximum atomic E-state index is 4.49. The Morgan fingerprint density at radius 2 is 2.05 bits per heavy atom. The van der Waals surface area contributed by atoms with Crippen LogP contribution in [-0.4, -0.2) is 26.0 Å². The number of aromatic nitrogens is 4. The molecule has 96 valence electrons. The van der Waals surface area contributed by atoms with Crippen LogP contribution in [0.15, 0.2) is 29.3 Å². The molecule has 0 fully saturated rings. The fourth-order valence-electron chi connectivity index (χ4n) is 2.11. The Bertz CT molecular complexity index is 730. The third kappa shape index (κ3) is 2.03. The average Bonchev–Trinajstić information content (AvgIpc) is 2.90. The first kappa shape index (κ1) is 11.6. The van der Waals surface area contributed by atoms with Gasteiger partial charge in [0, 0.05) is 7.05 Å². The normalized spacial score (nSPS) is 11.7. The summed E-state index contributed by atoms with van der Waals surface area (Å²) in [4.78, 5) is 12.2. The van der Waals surface area contributed by atoms with E-state index in [0.29, 0.717) is 0 Å². The number of aliphatic imine (C=N–C) groups is 1. The quantitative estimate of drug-likeness (QED) is 0.714. The third-order valence-electron chi connectivity index (χ3n) is 3.19. The van der Waals surface area contributed by atoms with Gasteiger partial charge in [-0.15, -0.1) is 0 Å². The van der Waals surface area contributed by atoms with Crippen molar-refractivity contribution in [1.29, 1.82) is 0 Å². The lowest BCUT2D eigenvalue weighted by molar-refractivity contribution is 0.731. The van der Waals surface area contributed by atoms with Crippen molar-refractivity contribution in [3.8, 4) is 0 Å². The van der Waals surface area contributed by atoms with Crippen LogP contribution in [0, 0.1) is 13.8 Å². The van der Waals surface area contributed by atoms with Crippen molar-refractivity contribution in [2.75, 3.05) is 0 Å². The molecule has 1 aromatic carbocycles. The fourth-order valence-corrected chi connectivity index (χ4v) is 2.11. The predicted octanol–water partition coefficient (Wildman–Crippen LogP) is 2.66. The molecule has 0 saturated heterocycles. The Hall–Kier alpha value is -2.43. The molecule has 0 spiro atoms. The van der Waals surface area contributed by atoms with E-state index in [4.69, 9.17) is 0 Å². The Morgan fingerprint density at radius 1 is 1.26 bits per heavy atom. The van der Waals surface area contributed by atoms with Gasteiger partial charge in [-0.2, -0.15) is 5.10 Å². The van der Waals surface area contributed by atoms with Gasteiger partial charge in [-0.1, -0.05) is 12.1 Å². The van der Waals surface area contributed by atoms with E-state index in [-0.39, 0.29) is 0 Å². The van der Waals surface area contributed by atoms with Crippen molar-refractivity contribution in [1.82, 2.24) is 19.7 Å². The van der Waals surface area contributed by atoms with E-state index in [0.717, 1.165) is 33.9 Å². The predicted molar refractivity (Wildman–Crippen MR) is 76.0 cm³/mol. The van der Waals surface area contributed by atoms with E-state index in [9.17, 15) is 0 Å². The van der Waals surface area contributed by atoms with Gasteiger partial charge in [-0.05, 0) is 26.0 Å². The zero-order valence-corrected chi connectivity index (χ0v) is 11.2. The number of nitrogens with zero attached hydrogens (tertiary/aromatic N) is 4. The van der Waals surface area contributed by atoms with Gasteiger partial charge in [-0.25, -0.2) is 9.98 Å². The zero-order chi connectivity index (χ0) is 13.4. The minimum absolute atomic E-state index is 0.754. The maximum Gasteiger partial charge on any atom is 0.149 e. The first-order chi connectivity index (χ1) is 9.15. The molecule has 0 atom stereocenters. The van der Waals surface area contributed by atoms with Gasteiger partial charge in [0.1, 0.15) is 11.5 Å². The molecule has 5 heteroatoms. The van der Waals surface area contributed by atoms with Gasteiger partial charge in [0.2, 0.25) is 0 Å². The number of hydrogen-bond acceptors (Lipinski definition) is 3. The summed E-state index contributed by atoms with van der Waals surface area (Å²) in [6.45, 7) is 3.96. The molecule has 0 saturated carbocycles. The molecule has 0 radical (unpaired) electrons. The van der Waals surface area contributed by atoms with Crippen molar-refractivity contribution in [2.24, 2.45) is 12.0 Å². The van der Waals surface area contributed by atoms with E-state index in [1.54, 1.807) is 6.21 Å². The molecule has 0 bridgehead atoms. The van der Waals surface area contributed by atoms with E-state index >= 15 is 0 Å². The van der Waals surface area contributed by atoms with Crippen molar-refractivity contribution in [2.45, 2.75) is 13.8 Å². The minimum Gasteiger partial charge on any atom is -0.337 e. The number of H-pyrrole nitrogens is 1. The summed E-state index contributed by atoms with van der Waals surface area (Å²) >= 11 is 0. The van der Waals surface area contributed by atoms with Crippen LogP contribution in [0.5, 0.6) is 0 Å². The van der Waals surface area contributed by atoms with Crippen LogP contribution in [0.1, 0.15) is 17.2 Å². The average molecular weight is 253 g/mol. The topological polar surface area (TPSA) is 58.9 Å². The third-order valence-corrected chi connectivity index (χ3v) is 3.19. The van der Waals surface area contributed by atoms with Crippen LogP contribution >= 0.6 is 0 Å². The molecule has 0 aliphatic heterocycles. The molecule has 3 aromatic rings. The second-order valence-corrected chi connectivity index (χ2v) is 4.54. The molecule has 0 aliphatic rings. The lowest BCUT2D eigenvalue weighted by Gasteiger charge is -1.93. The minimum atomic E-state index is 0.754. The summed E-state index contributed by atoms with van der Waals surface area (Å²) in [5, 5.41) is 4.34. The van der Waals surface area contributed by atoms with E-state index < -0.39 is 0 Å². The molecular formula is C14H15N5. The fraction of sp³-hybridized carbons (Fsp3) is 0.214. The van der Waals surface area contributed by atoms with Crippen LogP contribution in [0.4, 0.5) is 5.69 Å². The van der Waals surface area contributed by atoms with Gasteiger partial charge in [0.05, 0.1) is 28.6 Å². The molecule has 1 N–H and O–H groups in total. The van der Waals surface area contributed by atoms with E-state index in [1.807, 2.05) is 49.8 Å². The van der Waals surface area contributed by atoms with Crippen molar-refractivity contribution in [3.63, 3.8) is 0 Å². The van der Waals surface area contributed by atoms with Gasteiger partial charge in [0.25, 0.3) is 0 Å². The summed E-state index contributed by atoms with van der Waals surface area (Å²) < 4.78 is 1.83. The lowest BCUT2D eigenvalue weighted by Crippen LogP contribution is -1.92. The summed E-state index contributed by atoms with van der Waals surface area (Å²) in [6, 6.07) is 7.93. The molecule has 2 aromatic heterocycles. The maximum absolute atomic E-state index is 4.49.